The average molecular weight is 258 g/mol. The number of anilines is 1. The van der Waals surface area contributed by atoms with Gasteiger partial charge in [0.25, 0.3) is 0 Å². The lowest BCUT2D eigenvalue weighted by molar-refractivity contribution is 0.252. The lowest BCUT2D eigenvalue weighted by Crippen LogP contribution is -2.28. The first-order valence-electron chi connectivity index (χ1n) is 7.10. The third kappa shape index (κ3) is 3.66. The van der Waals surface area contributed by atoms with Crippen LogP contribution in [0.5, 0.6) is 0 Å². The van der Waals surface area contributed by atoms with Crippen molar-refractivity contribution in [1.29, 1.82) is 5.26 Å². The van der Waals surface area contributed by atoms with Crippen LogP contribution in [-0.4, -0.2) is 16.5 Å². The maximum Gasteiger partial charge on any atom is 0.158 e. The first-order chi connectivity index (χ1) is 9.13. The fourth-order valence-electron chi connectivity index (χ4n) is 3.20. The predicted molar refractivity (Wildman–Crippen MR) is 75.6 cm³/mol. The van der Waals surface area contributed by atoms with Crippen LogP contribution in [-0.2, 0) is 0 Å². The summed E-state index contributed by atoms with van der Waals surface area (Å²) in [5, 5.41) is 12.1. The molecule has 19 heavy (non-hydrogen) atoms. The third-order valence-electron chi connectivity index (χ3n) is 3.92. The second-order valence-electron chi connectivity index (χ2n) is 6.06. The van der Waals surface area contributed by atoms with E-state index in [1.54, 1.807) is 6.20 Å². The highest BCUT2D eigenvalue weighted by atomic mass is 15.0. The van der Waals surface area contributed by atoms with Gasteiger partial charge in [-0.2, -0.15) is 5.26 Å². The maximum atomic E-state index is 8.70. The van der Waals surface area contributed by atoms with Crippen LogP contribution >= 0.6 is 0 Å². The minimum Gasteiger partial charge on any atom is -0.368 e. The van der Waals surface area contributed by atoms with Crippen molar-refractivity contribution in [2.24, 2.45) is 11.3 Å². The Morgan fingerprint density at radius 2 is 2.05 bits per heavy atom. The Labute approximate surface area is 115 Å². The molecule has 102 valence electrons. The number of nitrogens with zero attached hydrogens (tertiary/aromatic N) is 3. The summed E-state index contributed by atoms with van der Waals surface area (Å²) < 4.78 is 0. The molecule has 0 unspecified atom stereocenters. The Bertz CT molecular complexity index is 438. The van der Waals surface area contributed by atoms with Crippen molar-refractivity contribution in [3.8, 4) is 6.07 Å². The smallest absolute Gasteiger partial charge is 0.158 e. The first kappa shape index (κ1) is 13.8. The molecule has 1 aliphatic carbocycles. The zero-order valence-electron chi connectivity index (χ0n) is 11.8. The fourth-order valence-corrected chi connectivity index (χ4v) is 3.20. The molecule has 1 aliphatic rings. The highest BCUT2D eigenvalue weighted by Crippen LogP contribution is 2.43. The average Bonchev–Trinajstić information content (AvgIpc) is 2.85. The topological polar surface area (TPSA) is 61.6 Å². The van der Waals surface area contributed by atoms with Gasteiger partial charge in [-0.15, -0.1) is 0 Å². The van der Waals surface area contributed by atoms with E-state index in [9.17, 15) is 0 Å². The maximum absolute atomic E-state index is 8.70. The van der Waals surface area contributed by atoms with Crippen LogP contribution < -0.4 is 5.32 Å². The molecule has 2 rings (SSSR count). The molecule has 4 nitrogen and oxygen atoms in total. The van der Waals surface area contributed by atoms with Crippen molar-refractivity contribution in [3.05, 3.63) is 18.1 Å². The van der Waals surface area contributed by atoms with Gasteiger partial charge < -0.3 is 5.32 Å². The Morgan fingerprint density at radius 3 is 2.58 bits per heavy atom. The third-order valence-corrected chi connectivity index (χ3v) is 3.92. The fraction of sp³-hybridized carbons (Fsp3) is 0.667. The van der Waals surface area contributed by atoms with E-state index < -0.39 is 0 Å². The Hall–Kier alpha value is -1.63. The largest absolute Gasteiger partial charge is 0.368 e. The summed E-state index contributed by atoms with van der Waals surface area (Å²) in [6, 6.07) is 1.98. The first-order valence-corrected chi connectivity index (χ1v) is 7.10. The molecule has 1 aromatic rings. The number of nitrogens with one attached hydrogen (secondary N) is 1. The zero-order valence-corrected chi connectivity index (χ0v) is 11.8. The molecule has 1 fully saturated rings. The standard InChI is InChI=1S/C15H22N4/c1-12(2)7-15(5-3-4-6-15)11-19-14-10-17-13(8-16)9-18-14/h9-10,12H,3-7,11H2,1-2H3,(H,18,19). The van der Waals surface area contributed by atoms with Crippen molar-refractivity contribution >= 4 is 5.82 Å². The van der Waals surface area contributed by atoms with Gasteiger partial charge in [-0.25, -0.2) is 9.97 Å². The van der Waals surface area contributed by atoms with Crippen LogP contribution in [0.4, 0.5) is 5.82 Å². The van der Waals surface area contributed by atoms with Crippen LogP contribution in [0.15, 0.2) is 12.4 Å². The number of rotatable bonds is 5. The van der Waals surface area contributed by atoms with Gasteiger partial charge in [0.15, 0.2) is 5.69 Å². The van der Waals surface area contributed by atoms with Gasteiger partial charge in [-0.05, 0) is 30.6 Å². The molecule has 4 heteroatoms. The quantitative estimate of drug-likeness (QED) is 0.879. The summed E-state index contributed by atoms with van der Waals surface area (Å²) in [6.45, 7) is 5.55. The monoisotopic (exact) mass is 258 g/mol. The summed E-state index contributed by atoms with van der Waals surface area (Å²) in [4.78, 5) is 8.26. The van der Waals surface area contributed by atoms with E-state index in [0.717, 1.165) is 18.3 Å². The second kappa shape index (κ2) is 6.01. The summed E-state index contributed by atoms with van der Waals surface area (Å²) >= 11 is 0. The molecular weight excluding hydrogens is 236 g/mol. The Balaban J connectivity index is 1.96. The lowest BCUT2D eigenvalue weighted by Gasteiger charge is -2.31. The van der Waals surface area contributed by atoms with Crippen LogP contribution in [0, 0.1) is 22.7 Å². The molecule has 1 aromatic heterocycles. The lowest BCUT2D eigenvalue weighted by atomic mass is 9.78. The number of hydrogen-bond donors (Lipinski definition) is 1. The normalized spacial score (nSPS) is 17.4. The van der Waals surface area contributed by atoms with E-state index in [2.05, 4.69) is 29.1 Å². The summed E-state index contributed by atoms with van der Waals surface area (Å²) in [5.41, 5.74) is 0.785. The van der Waals surface area contributed by atoms with E-state index in [4.69, 9.17) is 5.26 Å². The molecule has 0 atom stereocenters. The van der Waals surface area contributed by atoms with Crippen LogP contribution in [0.3, 0.4) is 0 Å². The molecule has 1 N–H and O–H groups in total. The van der Waals surface area contributed by atoms with Crippen molar-refractivity contribution < 1.29 is 0 Å². The van der Waals surface area contributed by atoms with E-state index in [1.807, 2.05) is 6.07 Å². The summed E-state index contributed by atoms with van der Waals surface area (Å²) in [6.07, 6.45) is 9.73. The minimum absolute atomic E-state index is 0.364. The number of nitriles is 1. The molecule has 0 aliphatic heterocycles. The molecule has 0 aromatic carbocycles. The van der Waals surface area contributed by atoms with Gasteiger partial charge >= 0.3 is 0 Å². The predicted octanol–water partition coefficient (Wildman–Crippen LogP) is 3.37. The molecule has 0 spiro atoms. The molecule has 0 radical (unpaired) electrons. The molecule has 0 saturated heterocycles. The highest BCUT2D eigenvalue weighted by Gasteiger charge is 2.34. The molecule has 0 bridgehead atoms. The molecule has 1 heterocycles. The van der Waals surface area contributed by atoms with E-state index in [1.165, 1.54) is 38.3 Å². The van der Waals surface area contributed by atoms with Gasteiger partial charge in [-0.3, -0.25) is 0 Å². The Kier molecular flexibility index (Phi) is 4.36. The van der Waals surface area contributed by atoms with E-state index in [-0.39, 0.29) is 0 Å². The van der Waals surface area contributed by atoms with Crippen molar-refractivity contribution in [2.45, 2.75) is 46.0 Å². The van der Waals surface area contributed by atoms with Crippen molar-refractivity contribution in [2.75, 3.05) is 11.9 Å². The number of aromatic nitrogens is 2. The van der Waals surface area contributed by atoms with E-state index in [0.29, 0.717) is 11.1 Å². The van der Waals surface area contributed by atoms with E-state index >= 15 is 0 Å². The van der Waals surface area contributed by atoms with Crippen LogP contribution in [0.2, 0.25) is 0 Å². The van der Waals surface area contributed by atoms with Crippen LogP contribution in [0.1, 0.15) is 51.6 Å². The van der Waals surface area contributed by atoms with Crippen molar-refractivity contribution in [3.63, 3.8) is 0 Å². The summed E-state index contributed by atoms with van der Waals surface area (Å²) in [7, 11) is 0. The minimum atomic E-state index is 0.364. The zero-order chi connectivity index (χ0) is 13.7. The number of hydrogen-bond acceptors (Lipinski definition) is 4. The second-order valence-corrected chi connectivity index (χ2v) is 6.06. The van der Waals surface area contributed by atoms with Gasteiger partial charge in [-0.1, -0.05) is 26.7 Å². The summed E-state index contributed by atoms with van der Waals surface area (Å²) in [5.74, 6) is 1.50. The van der Waals surface area contributed by atoms with Gasteiger partial charge in [0.2, 0.25) is 0 Å². The molecule has 1 saturated carbocycles. The van der Waals surface area contributed by atoms with Gasteiger partial charge in [0.1, 0.15) is 11.9 Å². The molecule has 0 amide bonds. The van der Waals surface area contributed by atoms with Gasteiger partial charge in [0, 0.05) is 6.54 Å². The SMILES string of the molecule is CC(C)CC1(CNc2cnc(C#N)cn2)CCCC1. The van der Waals surface area contributed by atoms with Crippen LogP contribution in [0.25, 0.3) is 0 Å². The highest BCUT2D eigenvalue weighted by molar-refractivity contribution is 5.33. The molecular formula is C15H22N4. The van der Waals surface area contributed by atoms with Crippen molar-refractivity contribution in [1.82, 2.24) is 9.97 Å². The van der Waals surface area contributed by atoms with Gasteiger partial charge in [0.05, 0.1) is 12.4 Å². The Morgan fingerprint density at radius 1 is 1.32 bits per heavy atom.